The Morgan fingerprint density at radius 2 is 1.74 bits per heavy atom. The normalized spacial score (nSPS) is 16.2. The molecule has 1 heterocycles. The zero-order valence-corrected chi connectivity index (χ0v) is 15.7. The molecule has 140 valence electrons. The first kappa shape index (κ1) is 17.5. The summed E-state index contributed by atoms with van der Waals surface area (Å²) in [6.45, 7) is 2.16. The summed E-state index contributed by atoms with van der Waals surface area (Å²) in [5, 5.41) is 3.05. The first-order chi connectivity index (χ1) is 13.2. The summed E-state index contributed by atoms with van der Waals surface area (Å²) in [4.78, 5) is 15.0. The molecule has 0 spiro atoms. The minimum absolute atomic E-state index is 0.0516. The maximum absolute atomic E-state index is 12.7. The van der Waals surface area contributed by atoms with E-state index in [0.29, 0.717) is 6.54 Å². The van der Waals surface area contributed by atoms with Crippen LogP contribution in [0, 0.1) is 0 Å². The number of nitrogens with one attached hydrogen (secondary N) is 1. The van der Waals surface area contributed by atoms with E-state index in [1.807, 2.05) is 18.2 Å². The van der Waals surface area contributed by atoms with Gasteiger partial charge in [0, 0.05) is 30.8 Å². The predicted octanol–water partition coefficient (Wildman–Crippen LogP) is 2.99. The molecule has 0 radical (unpaired) electrons. The second kappa shape index (κ2) is 7.35. The lowest BCUT2D eigenvalue weighted by atomic mass is 9.88. The first-order valence-electron chi connectivity index (χ1n) is 9.26. The molecule has 0 bridgehead atoms. The summed E-state index contributed by atoms with van der Waals surface area (Å²) < 4.78 is 10.7. The number of hydrogen-bond acceptors (Lipinski definition) is 4. The molecule has 1 aliphatic carbocycles. The molecule has 2 aromatic rings. The van der Waals surface area contributed by atoms with Gasteiger partial charge in [-0.2, -0.15) is 0 Å². The van der Waals surface area contributed by atoms with Crippen molar-refractivity contribution in [2.45, 2.75) is 19.4 Å². The highest BCUT2D eigenvalue weighted by molar-refractivity contribution is 6.02. The van der Waals surface area contributed by atoms with E-state index in [1.54, 1.807) is 14.2 Å². The fourth-order valence-electron chi connectivity index (χ4n) is 3.88. The van der Waals surface area contributed by atoms with Gasteiger partial charge in [-0.25, -0.2) is 0 Å². The Morgan fingerprint density at radius 1 is 1.00 bits per heavy atom. The van der Waals surface area contributed by atoms with Gasteiger partial charge in [0.2, 0.25) is 5.91 Å². The van der Waals surface area contributed by atoms with Crippen LogP contribution in [0.25, 0.3) is 5.70 Å². The largest absolute Gasteiger partial charge is 0.497 e. The lowest BCUT2D eigenvalue weighted by Gasteiger charge is -2.31. The Balaban J connectivity index is 1.75. The summed E-state index contributed by atoms with van der Waals surface area (Å²) in [5.41, 5.74) is 5.49. The van der Waals surface area contributed by atoms with Crippen LogP contribution in [0.5, 0.6) is 11.5 Å². The molecule has 2 aliphatic rings. The van der Waals surface area contributed by atoms with Crippen molar-refractivity contribution in [3.05, 3.63) is 64.7 Å². The van der Waals surface area contributed by atoms with Crippen molar-refractivity contribution in [2.75, 3.05) is 27.3 Å². The van der Waals surface area contributed by atoms with E-state index in [-0.39, 0.29) is 5.91 Å². The summed E-state index contributed by atoms with van der Waals surface area (Å²) in [7, 11) is 3.35. The predicted molar refractivity (Wildman–Crippen MR) is 105 cm³/mol. The molecule has 0 saturated carbocycles. The molecule has 27 heavy (non-hydrogen) atoms. The van der Waals surface area contributed by atoms with E-state index < -0.39 is 0 Å². The van der Waals surface area contributed by atoms with Gasteiger partial charge in [-0.3, -0.25) is 4.79 Å². The van der Waals surface area contributed by atoms with E-state index in [1.165, 1.54) is 11.1 Å². The van der Waals surface area contributed by atoms with E-state index in [4.69, 9.17) is 9.47 Å². The zero-order valence-electron chi connectivity index (χ0n) is 15.7. The molecule has 5 heteroatoms. The number of fused-ring (bicyclic) bond motifs is 2. The molecule has 1 N–H and O–H groups in total. The van der Waals surface area contributed by atoms with Gasteiger partial charge in [0.15, 0.2) is 0 Å². The van der Waals surface area contributed by atoms with Crippen molar-refractivity contribution >= 4 is 11.6 Å². The van der Waals surface area contributed by atoms with Crippen molar-refractivity contribution in [3.8, 4) is 11.5 Å². The number of ether oxygens (including phenoxy) is 2. The molecule has 4 rings (SSSR count). The molecule has 1 aliphatic heterocycles. The fraction of sp³-hybridized carbons (Fsp3) is 0.318. The van der Waals surface area contributed by atoms with Gasteiger partial charge in [-0.1, -0.05) is 18.2 Å². The Labute approximate surface area is 159 Å². The molecule has 0 saturated heterocycles. The third kappa shape index (κ3) is 3.37. The SMILES string of the molecule is COc1ccc(CN2CCNC(=O)C3=C2c2cc(OC)ccc2CC3)cc1. The van der Waals surface area contributed by atoms with E-state index in [9.17, 15) is 4.79 Å². The number of rotatable bonds is 4. The number of nitrogens with zero attached hydrogens (tertiary/aromatic N) is 1. The Kier molecular flexibility index (Phi) is 4.75. The van der Waals surface area contributed by atoms with Crippen LogP contribution >= 0.6 is 0 Å². The van der Waals surface area contributed by atoms with Gasteiger partial charge in [0.1, 0.15) is 11.5 Å². The van der Waals surface area contributed by atoms with Crippen LogP contribution in [0.15, 0.2) is 48.0 Å². The fourth-order valence-corrected chi connectivity index (χ4v) is 3.88. The standard InChI is InChI=1S/C22H24N2O3/c1-26-17-7-3-15(4-8-17)14-24-12-11-23-22(25)19-10-6-16-5-9-18(27-2)13-20(16)21(19)24/h3-5,7-9,13H,6,10-12,14H2,1-2H3,(H,23,25). The second-order valence-electron chi connectivity index (χ2n) is 6.88. The van der Waals surface area contributed by atoms with Gasteiger partial charge < -0.3 is 19.7 Å². The number of amides is 1. The van der Waals surface area contributed by atoms with Crippen molar-refractivity contribution in [2.24, 2.45) is 0 Å². The number of hydrogen-bond donors (Lipinski definition) is 1. The molecular formula is C22H24N2O3. The molecule has 2 aromatic carbocycles. The number of carbonyl (C=O) groups is 1. The summed E-state index contributed by atoms with van der Waals surface area (Å²) in [5.74, 6) is 1.71. The highest BCUT2D eigenvalue weighted by Crippen LogP contribution is 2.37. The van der Waals surface area contributed by atoms with Crippen LogP contribution in [0.4, 0.5) is 0 Å². The number of aryl methyl sites for hydroxylation is 1. The van der Waals surface area contributed by atoms with Crippen LogP contribution in [-0.4, -0.2) is 38.1 Å². The highest BCUT2D eigenvalue weighted by Gasteiger charge is 2.30. The maximum atomic E-state index is 12.7. The third-order valence-electron chi connectivity index (χ3n) is 5.29. The quantitative estimate of drug-likeness (QED) is 0.906. The highest BCUT2D eigenvalue weighted by atomic mass is 16.5. The lowest BCUT2D eigenvalue weighted by molar-refractivity contribution is -0.117. The van der Waals surface area contributed by atoms with Crippen LogP contribution in [0.1, 0.15) is 23.1 Å². The smallest absolute Gasteiger partial charge is 0.249 e. The topological polar surface area (TPSA) is 50.8 Å². The number of carbonyl (C=O) groups excluding carboxylic acids is 1. The molecule has 0 unspecified atom stereocenters. The van der Waals surface area contributed by atoms with Gasteiger partial charge in [-0.15, -0.1) is 0 Å². The van der Waals surface area contributed by atoms with E-state index in [0.717, 1.165) is 54.3 Å². The minimum Gasteiger partial charge on any atom is -0.497 e. The van der Waals surface area contributed by atoms with Crippen LogP contribution < -0.4 is 14.8 Å². The maximum Gasteiger partial charge on any atom is 0.249 e. The van der Waals surface area contributed by atoms with Crippen molar-refractivity contribution in [1.29, 1.82) is 0 Å². The number of methoxy groups -OCH3 is 2. The molecule has 0 fully saturated rings. The van der Waals surface area contributed by atoms with Crippen molar-refractivity contribution < 1.29 is 14.3 Å². The molecule has 0 atom stereocenters. The zero-order chi connectivity index (χ0) is 18.8. The Morgan fingerprint density at radius 3 is 2.48 bits per heavy atom. The molecule has 5 nitrogen and oxygen atoms in total. The van der Waals surface area contributed by atoms with E-state index >= 15 is 0 Å². The average molecular weight is 364 g/mol. The summed E-state index contributed by atoms with van der Waals surface area (Å²) in [6, 6.07) is 14.3. The summed E-state index contributed by atoms with van der Waals surface area (Å²) >= 11 is 0. The van der Waals surface area contributed by atoms with Gasteiger partial charge in [-0.05, 0) is 48.2 Å². The Bertz CT molecular complexity index is 887. The molecule has 1 amide bonds. The molecule has 0 aromatic heterocycles. The first-order valence-corrected chi connectivity index (χ1v) is 9.26. The van der Waals surface area contributed by atoms with Crippen LogP contribution in [0.3, 0.4) is 0 Å². The second-order valence-corrected chi connectivity index (χ2v) is 6.88. The minimum atomic E-state index is 0.0516. The summed E-state index contributed by atoms with van der Waals surface area (Å²) in [6.07, 6.45) is 1.64. The van der Waals surface area contributed by atoms with Crippen LogP contribution in [0.2, 0.25) is 0 Å². The molecular weight excluding hydrogens is 340 g/mol. The lowest BCUT2D eigenvalue weighted by Crippen LogP contribution is -2.29. The Hall–Kier alpha value is -2.95. The van der Waals surface area contributed by atoms with Gasteiger partial charge in [0.25, 0.3) is 0 Å². The van der Waals surface area contributed by atoms with Gasteiger partial charge >= 0.3 is 0 Å². The van der Waals surface area contributed by atoms with E-state index in [2.05, 4.69) is 34.5 Å². The van der Waals surface area contributed by atoms with Crippen molar-refractivity contribution in [1.82, 2.24) is 10.2 Å². The average Bonchev–Trinajstić information content (AvgIpc) is 2.87. The van der Waals surface area contributed by atoms with Gasteiger partial charge in [0.05, 0.1) is 19.9 Å². The monoisotopic (exact) mass is 364 g/mol. The number of benzene rings is 2. The third-order valence-corrected chi connectivity index (χ3v) is 5.29. The van der Waals surface area contributed by atoms with Crippen LogP contribution in [-0.2, 0) is 17.8 Å². The van der Waals surface area contributed by atoms with Crippen molar-refractivity contribution in [3.63, 3.8) is 0 Å².